The van der Waals surface area contributed by atoms with Gasteiger partial charge in [-0.05, 0) is 50.4 Å². The van der Waals surface area contributed by atoms with E-state index in [2.05, 4.69) is 15.1 Å². The number of rotatable bonds is 3. The fourth-order valence-corrected chi connectivity index (χ4v) is 3.47. The Morgan fingerprint density at radius 1 is 1.20 bits per heavy atom. The summed E-state index contributed by atoms with van der Waals surface area (Å²) in [7, 11) is 0. The minimum absolute atomic E-state index is 0.0538. The van der Waals surface area contributed by atoms with Gasteiger partial charge in [-0.25, -0.2) is 4.98 Å². The first-order valence-electron chi connectivity index (χ1n) is 7.95. The monoisotopic (exact) mass is 352 g/mol. The summed E-state index contributed by atoms with van der Waals surface area (Å²) in [5.74, 6) is 1.01. The maximum absolute atomic E-state index is 12.4. The Morgan fingerprint density at radius 2 is 2.04 bits per heavy atom. The maximum Gasteiger partial charge on any atom is 0.272 e. The van der Waals surface area contributed by atoms with Crippen molar-refractivity contribution >= 4 is 22.4 Å². The third-order valence-electron chi connectivity index (χ3n) is 3.98. The summed E-state index contributed by atoms with van der Waals surface area (Å²) >= 11 is 1.55. The minimum Gasteiger partial charge on any atom is -0.333 e. The molecule has 0 unspecified atom stereocenters. The van der Waals surface area contributed by atoms with Gasteiger partial charge in [0.2, 0.25) is 5.82 Å². The SMILES string of the molecule is Cc1nc2cc(-c3noc(-c4cccs4)n3)ccc2n(C(C)C)c1=O. The largest absolute Gasteiger partial charge is 0.333 e. The lowest BCUT2D eigenvalue weighted by Crippen LogP contribution is -2.25. The molecule has 6 nitrogen and oxygen atoms in total. The van der Waals surface area contributed by atoms with Crippen molar-refractivity contribution in [2.45, 2.75) is 26.8 Å². The molecule has 7 heteroatoms. The number of benzene rings is 1. The molecule has 0 radical (unpaired) electrons. The van der Waals surface area contributed by atoms with Crippen LogP contribution in [0.4, 0.5) is 0 Å². The molecule has 25 heavy (non-hydrogen) atoms. The third kappa shape index (κ3) is 2.66. The van der Waals surface area contributed by atoms with Crippen LogP contribution in [0.3, 0.4) is 0 Å². The van der Waals surface area contributed by atoms with Crippen molar-refractivity contribution in [1.82, 2.24) is 19.7 Å². The highest BCUT2D eigenvalue weighted by Gasteiger charge is 2.15. The first-order valence-corrected chi connectivity index (χ1v) is 8.83. The number of nitrogens with zero attached hydrogens (tertiary/aromatic N) is 4. The number of aromatic nitrogens is 4. The lowest BCUT2D eigenvalue weighted by molar-refractivity contribution is 0.433. The molecule has 0 spiro atoms. The molecule has 1 aromatic carbocycles. The average molecular weight is 352 g/mol. The van der Waals surface area contributed by atoms with Crippen molar-refractivity contribution < 1.29 is 4.52 Å². The molecule has 0 fully saturated rings. The predicted molar refractivity (Wildman–Crippen MR) is 97.7 cm³/mol. The Labute approximate surface area is 147 Å². The van der Waals surface area contributed by atoms with Crippen LogP contribution >= 0.6 is 11.3 Å². The quantitative estimate of drug-likeness (QED) is 0.556. The summed E-state index contributed by atoms with van der Waals surface area (Å²) in [6.07, 6.45) is 0. The summed E-state index contributed by atoms with van der Waals surface area (Å²) in [4.78, 5) is 22.2. The smallest absolute Gasteiger partial charge is 0.272 e. The Bertz CT molecular complexity index is 1110. The van der Waals surface area contributed by atoms with Crippen molar-refractivity contribution in [2.24, 2.45) is 0 Å². The van der Waals surface area contributed by atoms with E-state index in [-0.39, 0.29) is 11.6 Å². The zero-order chi connectivity index (χ0) is 17.6. The molecular formula is C18H16N4O2S. The second kappa shape index (κ2) is 5.93. The van der Waals surface area contributed by atoms with Gasteiger partial charge in [-0.15, -0.1) is 11.3 Å². The van der Waals surface area contributed by atoms with E-state index in [1.807, 2.05) is 49.6 Å². The summed E-state index contributed by atoms with van der Waals surface area (Å²) in [5, 5.41) is 6.04. The molecule has 4 rings (SSSR count). The molecule has 0 bridgehead atoms. The zero-order valence-corrected chi connectivity index (χ0v) is 14.9. The van der Waals surface area contributed by atoms with Crippen molar-refractivity contribution in [3.63, 3.8) is 0 Å². The highest BCUT2D eigenvalue weighted by atomic mass is 32.1. The van der Waals surface area contributed by atoms with Crippen LogP contribution in [0.2, 0.25) is 0 Å². The van der Waals surface area contributed by atoms with Crippen LogP contribution in [0.5, 0.6) is 0 Å². The van der Waals surface area contributed by atoms with E-state index in [1.54, 1.807) is 22.8 Å². The Morgan fingerprint density at radius 3 is 2.76 bits per heavy atom. The number of aryl methyl sites for hydroxylation is 1. The molecule has 4 aromatic rings. The Kier molecular flexibility index (Phi) is 3.73. The van der Waals surface area contributed by atoms with E-state index in [1.165, 1.54) is 0 Å². The topological polar surface area (TPSA) is 73.8 Å². The van der Waals surface area contributed by atoms with Crippen LogP contribution in [0.15, 0.2) is 45.0 Å². The van der Waals surface area contributed by atoms with E-state index in [4.69, 9.17) is 4.52 Å². The second-order valence-electron chi connectivity index (χ2n) is 6.07. The molecule has 0 saturated carbocycles. The first kappa shape index (κ1) is 15.7. The van der Waals surface area contributed by atoms with Crippen LogP contribution in [0.25, 0.3) is 33.2 Å². The van der Waals surface area contributed by atoms with E-state index >= 15 is 0 Å². The van der Waals surface area contributed by atoms with Gasteiger partial charge in [0.05, 0.1) is 15.9 Å². The van der Waals surface area contributed by atoms with Gasteiger partial charge >= 0.3 is 0 Å². The number of hydrogen-bond donors (Lipinski definition) is 0. The van der Waals surface area contributed by atoms with Crippen LogP contribution in [0.1, 0.15) is 25.6 Å². The Balaban J connectivity index is 1.85. The standard InChI is InChI=1S/C18H16N4O2S/c1-10(2)22-14-7-6-12(9-13(14)19-11(3)18(22)23)16-20-17(24-21-16)15-5-4-8-25-15/h4-10H,1-3H3. The molecule has 126 valence electrons. The van der Waals surface area contributed by atoms with E-state index in [0.717, 1.165) is 21.5 Å². The minimum atomic E-state index is -0.0604. The number of thiophene rings is 1. The summed E-state index contributed by atoms with van der Waals surface area (Å²) < 4.78 is 7.11. The van der Waals surface area contributed by atoms with E-state index < -0.39 is 0 Å². The van der Waals surface area contributed by atoms with Crippen LogP contribution in [0, 0.1) is 6.92 Å². The second-order valence-corrected chi connectivity index (χ2v) is 7.02. The normalized spacial score (nSPS) is 11.5. The molecule has 3 heterocycles. The van der Waals surface area contributed by atoms with E-state index in [0.29, 0.717) is 17.4 Å². The highest BCUT2D eigenvalue weighted by molar-refractivity contribution is 7.13. The van der Waals surface area contributed by atoms with Crippen LogP contribution in [-0.2, 0) is 0 Å². The fraction of sp³-hybridized carbons (Fsp3) is 0.222. The van der Waals surface area contributed by atoms with Gasteiger partial charge in [-0.2, -0.15) is 4.98 Å². The molecule has 0 aliphatic heterocycles. The Hall–Kier alpha value is -2.80. The fourth-order valence-electron chi connectivity index (χ4n) is 2.82. The van der Waals surface area contributed by atoms with Crippen molar-refractivity contribution in [3.8, 4) is 22.2 Å². The van der Waals surface area contributed by atoms with Gasteiger partial charge < -0.3 is 9.09 Å². The van der Waals surface area contributed by atoms with Gasteiger partial charge in [0.15, 0.2) is 0 Å². The maximum atomic E-state index is 12.4. The molecule has 0 saturated heterocycles. The highest BCUT2D eigenvalue weighted by Crippen LogP contribution is 2.27. The van der Waals surface area contributed by atoms with Gasteiger partial charge in [0.1, 0.15) is 5.69 Å². The van der Waals surface area contributed by atoms with Crippen LogP contribution in [-0.4, -0.2) is 19.7 Å². The summed E-state index contributed by atoms with van der Waals surface area (Å²) in [5.41, 5.74) is 2.77. The first-order chi connectivity index (χ1) is 12.0. The zero-order valence-electron chi connectivity index (χ0n) is 14.1. The van der Waals surface area contributed by atoms with Crippen molar-refractivity contribution in [1.29, 1.82) is 0 Å². The van der Waals surface area contributed by atoms with Crippen molar-refractivity contribution in [2.75, 3.05) is 0 Å². The summed E-state index contributed by atoms with van der Waals surface area (Å²) in [6.45, 7) is 5.71. The molecule has 0 amide bonds. The summed E-state index contributed by atoms with van der Waals surface area (Å²) in [6, 6.07) is 9.61. The molecular weight excluding hydrogens is 336 g/mol. The molecule has 0 aliphatic carbocycles. The van der Waals surface area contributed by atoms with Crippen LogP contribution < -0.4 is 5.56 Å². The van der Waals surface area contributed by atoms with E-state index in [9.17, 15) is 4.79 Å². The lowest BCUT2D eigenvalue weighted by Gasteiger charge is -2.14. The van der Waals surface area contributed by atoms with Gasteiger partial charge in [0.25, 0.3) is 11.4 Å². The third-order valence-corrected chi connectivity index (χ3v) is 4.84. The number of hydrogen-bond acceptors (Lipinski definition) is 6. The molecule has 3 aromatic heterocycles. The van der Waals surface area contributed by atoms with Gasteiger partial charge in [-0.3, -0.25) is 4.79 Å². The number of fused-ring (bicyclic) bond motifs is 1. The van der Waals surface area contributed by atoms with Crippen molar-refractivity contribution in [3.05, 3.63) is 51.8 Å². The van der Waals surface area contributed by atoms with Gasteiger partial charge in [-0.1, -0.05) is 11.2 Å². The van der Waals surface area contributed by atoms with Gasteiger partial charge in [0, 0.05) is 11.6 Å². The molecule has 0 N–H and O–H groups in total. The molecule has 0 aliphatic rings. The lowest BCUT2D eigenvalue weighted by atomic mass is 10.1. The average Bonchev–Trinajstić information content (AvgIpc) is 3.26. The predicted octanol–water partition coefficient (Wildman–Crippen LogP) is 4.06. The molecule has 0 atom stereocenters.